The molecule has 128 valence electrons. The lowest BCUT2D eigenvalue weighted by Gasteiger charge is -2.36. The number of morpholine rings is 1. The number of aliphatic hydroxyl groups excluding tert-OH is 1. The summed E-state index contributed by atoms with van der Waals surface area (Å²) in [6, 6.07) is 8.38. The molecular weight excluding hydrogens is 290 g/mol. The van der Waals surface area contributed by atoms with Crippen molar-refractivity contribution in [2.24, 2.45) is 10.9 Å². The van der Waals surface area contributed by atoms with Gasteiger partial charge in [-0.1, -0.05) is 31.2 Å². The molecule has 0 radical (unpaired) electrons. The van der Waals surface area contributed by atoms with E-state index in [9.17, 15) is 5.11 Å². The van der Waals surface area contributed by atoms with Crippen molar-refractivity contribution in [3.63, 3.8) is 0 Å². The van der Waals surface area contributed by atoms with Crippen LogP contribution in [0.15, 0.2) is 29.3 Å². The van der Waals surface area contributed by atoms with Gasteiger partial charge in [0.1, 0.15) is 6.10 Å². The van der Waals surface area contributed by atoms with Crippen molar-refractivity contribution in [3.8, 4) is 0 Å². The Morgan fingerprint density at radius 3 is 2.96 bits per heavy atom. The topological polar surface area (TPSA) is 57.1 Å². The number of rotatable bonds is 5. The third-order valence-electron chi connectivity index (χ3n) is 4.10. The van der Waals surface area contributed by atoms with Gasteiger partial charge in [-0.15, -0.1) is 0 Å². The molecular formula is C18H29N3O2. The van der Waals surface area contributed by atoms with E-state index < -0.39 is 0 Å². The molecule has 1 aliphatic rings. The Labute approximate surface area is 139 Å². The number of ether oxygens (including phenoxy) is 1. The third-order valence-corrected chi connectivity index (χ3v) is 4.10. The van der Waals surface area contributed by atoms with Crippen LogP contribution in [0.5, 0.6) is 0 Å². The second kappa shape index (κ2) is 8.89. The number of aliphatic imine (C=N–C) groups is 1. The maximum atomic E-state index is 9.19. The highest BCUT2D eigenvalue weighted by Crippen LogP contribution is 2.24. The quantitative estimate of drug-likeness (QED) is 0.643. The maximum Gasteiger partial charge on any atom is 0.194 e. The van der Waals surface area contributed by atoms with Crippen LogP contribution in [0.2, 0.25) is 0 Å². The van der Waals surface area contributed by atoms with E-state index in [1.807, 2.05) is 6.92 Å². The van der Waals surface area contributed by atoms with Gasteiger partial charge in [-0.05, 0) is 30.9 Å². The summed E-state index contributed by atoms with van der Waals surface area (Å²) in [7, 11) is 0. The average Bonchev–Trinajstić information content (AvgIpc) is 2.58. The number of benzene rings is 1. The summed E-state index contributed by atoms with van der Waals surface area (Å²) in [5.41, 5.74) is 2.51. The van der Waals surface area contributed by atoms with E-state index in [-0.39, 0.29) is 18.6 Å². The summed E-state index contributed by atoms with van der Waals surface area (Å²) in [6.07, 6.45) is 0.0732. The van der Waals surface area contributed by atoms with Gasteiger partial charge in [-0.3, -0.25) is 4.99 Å². The predicted octanol–water partition coefficient (Wildman–Crippen LogP) is 1.96. The van der Waals surface area contributed by atoms with Crippen molar-refractivity contribution in [1.82, 2.24) is 10.2 Å². The molecule has 2 rings (SSSR count). The summed E-state index contributed by atoms with van der Waals surface area (Å²) >= 11 is 0. The van der Waals surface area contributed by atoms with Gasteiger partial charge in [-0.25, -0.2) is 0 Å². The number of aryl methyl sites for hydroxylation is 1. The third kappa shape index (κ3) is 4.94. The first-order valence-electron chi connectivity index (χ1n) is 8.47. The molecule has 2 unspecified atom stereocenters. The Morgan fingerprint density at radius 2 is 2.26 bits per heavy atom. The van der Waals surface area contributed by atoms with Gasteiger partial charge < -0.3 is 20.1 Å². The highest BCUT2D eigenvalue weighted by Gasteiger charge is 2.25. The molecule has 0 amide bonds. The van der Waals surface area contributed by atoms with Crippen molar-refractivity contribution in [3.05, 3.63) is 35.4 Å². The lowest BCUT2D eigenvalue weighted by Crippen LogP contribution is -2.48. The highest BCUT2D eigenvalue weighted by atomic mass is 16.5. The fourth-order valence-electron chi connectivity index (χ4n) is 2.70. The van der Waals surface area contributed by atoms with Crippen LogP contribution in [0.25, 0.3) is 0 Å². The Bertz CT molecular complexity index is 519. The van der Waals surface area contributed by atoms with Crippen molar-refractivity contribution in [2.45, 2.75) is 26.9 Å². The van der Waals surface area contributed by atoms with Crippen LogP contribution in [0.1, 0.15) is 31.1 Å². The molecule has 0 bridgehead atoms. The molecule has 5 heteroatoms. The molecule has 5 nitrogen and oxygen atoms in total. The van der Waals surface area contributed by atoms with Crippen LogP contribution in [0, 0.1) is 12.8 Å². The van der Waals surface area contributed by atoms with Gasteiger partial charge >= 0.3 is 0 Å². The lowest BCUT2D eigenvalue weighted by molar-refractivity contribution is -0.00836. The zero-order chi connectivity index (χ0) is 16.7. The van der Waals surface area contributed by atoms with Crippen molar-refractivity contribution >= 4 is 5.96 Å². The van der Waals surface area contributed by atoms with Crippen LogP contribution in [-0.4, -0.2) is 55.4 Å². The van der Waals surface area contributed by atoms with E-state index in [1.54, 1.807) is 0 Å². The van der Waals surface area contributed by atoms with Crippen molar-refractivity contribution in [1.29, 1.82) is 0 Å². The number of hydrogen-bond donors (Lipinski definition) is 2. The summed E-state index contributed by atoms with van der Waals surface area (Å²) in [4.78, 5) is 6.93. The van der Waals surface area contributed by atoms with Crippen LogP contribution >= 0.6 is 0 Å². The summed E-state index contributed by atoms with van der Waals surface area (Å²) in [5, 5.41) is 12.5. The Kier molecular flexibility index (Phi) is 6.86. The number of hydrogen-bond acceptors (Lipinski definition) is 3. The zero-order valence-corrected chi connectivity index (χ0v) is 14.5. The number of aliphatic hydroxyl groups is 1. The van der Waals surface area contributed by atoms with E-state index in [4.69, 9.17) is 4.74 Å². The molecule has 0 spiro atoms. The van der Waals surface area contributed by atoms with Gasteiger partial charge in [0.05, 0.1) is 13.2 Å². The molecule has 0 aliphatic carbocycles. The summed E-state index contributed by atoms with van der Waals surface area (Å²) in [6.45, 7) is 10.2. The predicted molar refractivity (Wildman–Crippen MR) is 93.7 cm³/mol. The Hall–Kier alpha value is -1.59. The lowest BCUT2D eigenvalue weighted by atomic mass is 10.0. The van der Waals surface area contributed by atoms with Crippen LogP contribution < -0.4 is 5.32 Å². The van der Waals surface area contributed by atoms with E-state index in [2.05, 4.69) is 53.3 Å². The largest absolute Gasteiger partial charge is 0.396 e. The minimum atomic E-state index is 0.0732. The first kappa shape index (κ1) is 17.8. The maximum absolute atomic E-state index is 9.19. The smallest absolute Gasteiger partial charge is 0.194 e. The second-order valence-corrected chi connectivity index (χ2v) is 6.14. The summed E-state index contributed by atoms with van der Waals surface area (Å²) in [5.74, 6) is 1.09. The fraction of sp³-hybridized carbons (Fsp3) is 0.611. The van der Waals surface area contributed by atoms with Gasteiger partial charge in [-0.2, -0.15) is 0 Å². The molecule has 1 saturated heterocycles. The molecule has 2 N–H and O–H groups in total. The van der Waals surface area contributed by atoms with Crippen molar-refractivity contribution in [2.75, 3.05) is 39.4 Å². The SMILES string of the molecule is CCNC(=NCC(C)CO)N1CCOC(c2ccccc2C)C1. The molecule has 23 heavy (non-hydrogen) atoms. The average molecular weight is 319 g/mol. The molecule has 0 saturated carbocycles. The number of nitrogens with zero attached hydrogens (tertiary/aromatic N) is 2. The highest BCUT2D eigenvalue weighted by molar-refractivity contribution is 5.80. The second-order valence-electron chi connectivity index (χ2n) is 6.14. The van der Waals surface area contributed by atoms with E-state index in [1.165, 1.54) is 11.1 Å². The standard InChI is InChI=1S/C18H29N3O2/c1-4-19-18(20-11-14(2)13-22)21-9-10-23-17(12-21)16-8-6-5-7-15(16)3/h5-8,14,17,22H,4,9-13H2,1-3H3,(H,19,20). The van der Waals surface area contributed by atoms with Gasteiger partial charge in [0, 0.05) is 26.2 Å². The number of nitrogens with one attached hydrogen (secondary N) is 1. The van der Waals surface area contributed by atoms with E-state index >= 15 is 0 Å². The monoisotopic (exact) mass is 319 g/mol. The normalized spacial score (nSPS) is 20.4. The van der Waals surface area contributed by atoms with Gasteiger partial charge in [0.25, 0.3) is 0 Å². The first-order chi connectivity index (χ1) is 11.2. The summed E-state index contributed by atoms with van der Waals surface area (Å²) < 4.78 is 5.99. The minimum Gasteiger partial charge on any atom is -0.396 e. The molecule has 1 heterocycles. The van der Waals surface area contributed by atoms with Crippen LogP contribution in [-0.2, 0) is 4.74 Å². The molecule has 1 aromatic carbocycles. The van der Waals surface area contributed by atoms with E-state index in [0.717, 1.165) is 25.6 Å². The molecule has 0 aromatic heterocycles. The van der Waals surface area contributed by atoms with Crippen LogP contribution in [0.3, 0.4) is 0 Å². The molecule has 1 aliphatic heterocycles. The molecule has 1 fully saturated rings. The first-order valence-corrected chi connectivity index (χ1v) is 8.47. The molecule has 2 atom stereocenters. The fourth-order valence-corrected chi connectivity index (χ4v) is 2.70. The zero-order valence-electron chi connectivity index (χ0n) is 14.5. The van der Waals surface area contributed by atoms with E-state index in [0.29, 0.717) is 13.2 Å². The minimum absolute atomic E-state index is 0.0732. The Balaban J connectivity index is 2.09. The van der Waals surface area contributed by atoms with Gasteiger partial charge in [0.15, 0.2) is 5.96 Å². The molecule has 1 aromatic rings. The Morgan fingerprint density at radius 1 is 1.48 bits per heavy atom. The van der Waals surface area contributed by atoms with Crippen LogP contribution in [0.4, 0.5) is 0 Å². The van der Waals surface area contributed by atoms with Gasteiger partial charge in [0.2, 0.25) is 0 Å². The number of guanidine groups is 1. The van der Waals surface area contributed by atoms with Crippen molar-refractivity contribution < 1.29 is 9.84 Å².